The number of hydrogen-bond donors (Lipinski definition) is 0. The molecule has 0 atom stereocenters. The van der Waals surface area contributed by atoms with E-state index in [0.717, 1.165) is 44.8 Å². The van der Waals surface area contributed by atoms with Crippen LogP contribution in [-0.4, -0.2) is 59.3 Å². The zero-order chi connectivity index (χ0) is 20.3. The van der Waals surface area contributed by atoms with Crippen molar-refractivity contribution in [1.29, 1.82) is 0 Å². The number of hydrogen-bond acceptors (Lipinski definition) is 7. The van der Waals surface area contributed by atoms with Gasteiger partial charge in [0.2, 0.25) is 11.9 Å². The Balaban J connectivity index is 1.75. The van der Waals surface area contributed by atoms with Crippen LogP contribution in [0.4, 0.5) is 25.1 Å². The zero-order valence-electron chi connectivity index (χ0n) is 16.0. The van der Waals surface area contributed by atoms with Crippen LogP contribution < -0.4 is 9.80 Å². The topological polar surface area (TPSA) is 67.3 Å². The summed E-state index contributed by atoms with van der Waals surface area (Å²) < 4.78 is 44.8. The Morgan fingerprint density at radius 2 is 1.38 bits per heavy atom. The fraction of sp³-hybridized carbons (Fsp3) is 0.579. The first-order valence-electron chi connectivity index (χ1n) is 9.89. The molecule has 156 valence electrons. The van der Waals surface area contributed by atoms with Gasteiger partial charge in [-0.2, -0.15) is 28.1 Å². The summed E-state index contributed by atoms with van der Waals surface area (Å²) >= 11 is 0. The summed E-state index contributed by atoms with van der Waals surface area (Å²) in [6.07, 6.45) is -0.144. The van der Waals surface area contributed by atoms with E-state index in [2.05, 4.69) is 24.8 Å². The molecule has 4 rings (SSSR count). The van der Waals surface area contributed by atoms with Gasteiger partial charge in [0.1, 0.15) is 11.4 Å². The Bertz CT molecular complexity index is 833. The summed E-state index contributed by atoms with van der Waals surface area (Å²) in [5, 5.41) is 0. The van der Waals surface area contributed by atoms with E-state index in [-0.39, 0.29) is 11.5 Å². The molecule has 10 heteroatoms. The van der Waals surface area contributed by atoms with E-state index in [0.29, 0.717) is 38.2 Å². The molecular formula is C19H23F3N6O. The van der Waals surface area contributed by atoms with Gasteiger partial charge in [-0.05, 0) is 25.0 Å². The first kappa shape index (κ1) is 19.8. The van der Waals surface area contributed by atoms with E-state index in [1.807, 2.05) is 4.90 Å². The van der Waals surface area contributed by atoms with E-state index < -0.39 is 11.9 Å². The van der Waals surface area contributed by atoms with Gasteiger partial charge in [0.05, 0.1) is 13.2 Å². The van der Waals surface area contributed by atoms with Crippen LogP contribution in [0.25, 0.3) is 11.5 Å². The molecule has 0 aliphatic carbocycles. The van der Waals surface area contributed by atoms with E-state index in [1.54, 1.807) is 0 Å². The monoisotopic (exact) mass is 408 g/mol. The number of alkyl halides is 3. The largest absolute Gasteiger partial charge is 0.433 e. The van der Waals surface area contributed by atoms with Crippen molar-refractivity contribution in [2.24, 2.45) is 0 Å². The lowest BCUT2D eigenvalue weighted by Crippen LogP contribution is -2.38. The summed E-state index contributed by atoms with van der Waals surface area (Å²) in [5.74, 6) is 1.11. The Hall–Kier alpha value is -2.49. The summed E-state index contributed by atoms with van der Waals surface area (Å²) in [5.41, 5.74) is -0.868. The minimum atomic E-state index is -4.52. The van der Waals surface area contributed by atoms with Gasteiger partial charge in [-0.3, -0.25) is 0 Å². The van der Waals surface area contributed by atoms with Crippen molar-refractivity contribution < 1.29 is 17.9 Å². The zero-order valence-corrected chi connectivity index (χ0v) is 16.0. The van der Waals surface area contributed by atoms with Crippen molar-refractivity contribution in [3.05, 3.63) is 23.9 Å². The second kappa shape index (κ2) is 8.48. The summed E-state index contributed by atoms with van der Waals surface area (Å²) in [6.45, 7) is 4.01. The molecule has 2 saturated heterocycles. The third-order valence-corrected chi connectivity index (χ3v) is 5.06. The van der Waals surface area contributed by atoms with E-state index >= 15 is 0 Å². The SMILES string of the molecule is FC(F)(F)c1cccc(-c2nc(N3CCCCCC3)nc(N3CCOCC3)n2)n1. The van der Waals surface area contributed by atoms with Crippen LogP contribution in [0.3, 0.4) is 0 Å². The molecule has 0 saturated carbocycles. The number of morpholine rings is 1. The fourth-order valence-corrected chi connectivity index (χ4v) is 3.50. The predicted molar refractivity (Wildman–Crippen MR) is 102 cm³/mol. The van der Waals surface area contributed by atoms with Gasteiger partial charge in [0.25, 0.3) is 0 Å². The number of aromatic nitrogens is 4. The second-order valence-electron chi connectivity index (χ2n) is 7.17. The summed E-state index contributed by atoms with van der Waals surface area (Å²) in [6, 6.07) is 3.78. The van der Waals surface area contributed by atoms with Crippen molar-refractivity contribution in [2.75, 3.05) is 49.2 Å². The minimum Gasteiger partial charge on any atom is -0.378 e. The third-order valence-electron chi connectivity index (χ3n) is 5.06. The number of pyridine rings is 1. The lowest BCUT2D eigenvalue weighted by molar-refractivity contribution is -0.141. The molecule has 0 radical (unpaired) electrons. The van der Waals surface area contributed by atoms with E-state index in [4.69, 9.17) is 4.74 Å². The highest BCUT2D eigenvalue weighted by atomic mass is 19.4. The lowest BCUT2D eigenvalue weighted by atomic mass is 10.2. The van der Waals surface area contributed by atoms with Crippen LogP contribution in [0.5, 0.6) is 0 Å². The molecule has 4 heterocycles. The third kappa shape index (κ3) is 4.75. The molecule has 29 heavy (non-hydrogen) atoms. The maximum atomic E-state index is 13.1. The molecule has 2 aromatic heterocycles. The van der Waals surface area contributed by atoms with Gasteiger partial charge < -0.3 is 14.5 Å². The maximum absolute atomic E-state index is 13.1. The van der Waals surface area contributed by atoms with Gasteiger partial charge in [0.15, 0.2) is 5.82 Å². The van der Waals surface area contributed by atoms with E-state index in [1.165, 1.54) is 12.1 Å². The highest BCUT2D eigenvalue weighted by Crippen LogP contribution is 2.29. The minimum absolute atomic E-state index is 0.0906. The Labute approximate surface area is 166 Å². The van der Waals surface area contributed by atoms with Gasteiger partial charge in [-0.25, -0.2) is 4.98 Å². The summed E-state index contributed by atoms with van der Waals surface area (Å²) in [4.78, 5) is 21.4. The average molecular weight is 408 g/mol. The number of anilines is 2. The van der Waals surface area contributed by atoms with Crippen LogP contribution in [0.2, 0.25) is 0 Å². The summed E-state index contributed by atoms with van der Waals surface area (Å²) in [7, 11) is 0. The van der Waals surface area contributed by atoms with Gasteiger partial charge >= 0.3 is 6.18 Å². The first-order chi connectivity index (χ1) is 14.0. The molecule has 2 aliphatic heterocycles. The Kier molecular flexibility index (Phi) is 5.79. The first-order valence-corrected chi connectivity index (χ1v) is 9.89. The molecule has 0 amide bonds. The van der Waals surface area contributed by atoms with Crippen molar-refractivity contribution in [2.45, 2.75) is 31.9 Å². The molecule has 0 aromatic carbocycles. The molecule has 2 aromatic rings. The van der Waals surface area contributed by atoms with Crippen LogP contribution in [0.1, 0.15) is 31.4 Å². The molecule has 2 fully saturated rings. The van der Waals surface area contributed by atoms with Crippen molar-refractivity contribution >= 4 is 11.9 Å². The van der Waals surface area contributed by atoms with Gasteiger partial charge in [0, 0.05) is 26.2 Å². The Morgan fingerprint density at radius 1 is 0.759 bits per heavy atom. The van der Waals surface area contributed by atoms with Crippen LogP contribution in [-0.2, 0) is 10.9 Å². The highest BCUT2D eigenvalue weighted by Gasteiger charge is 2.33. The molecule has 0 bridgehead atoms. The number of ether oxygens (including phenoxy) is 1. The predicted octanol–water partition coefficient (Wildman–Crippen LogP) is 3.17. The van der Waals surface area contributed by atoms with E-state index in [9.17, 15) is 13.2 Å². The molecule has 0 unspecified atom stereocenters. The standard InChI is InChI=1S/C19H23F3N6O/c20-19(21,22)15-7-5-6-14(23-15)16-24-17(27-8-3-1-2-4-9-27)26-18(25-16)28-10-12-29-13-11-28/h5-7H,1-4,8-13H2. The molecule has 7 nitrogen and oxygen atoms in total. The van der Waals surface area contributed by atoms with Crippen molar-refractivity contribution in [3.63, 3.8) is 0 Å². The van der Waals surface area contributed by atoms with Crippen LogP contribution >= 0.6 is 0 Å². The Morgan fingerprint density at radius 3 is 2.00 bits per heavy atom. The normalized spacial score (nSPS) is 18.6. The quantitative estimate of drug-likeness (QED) is 0.773. The second-order valence-corrected chi connectivity index (χ2v) is 7.17. The smallest absolute Gasteiger partial charge is 0.378 e. The van der Waals surface area contributed by atoms with Crippen LogP contribution in [0.15, 0.2) is 18.2 Å². The van der Waals surface area contributed by atoms with Crippen molar-refractivity contribution in [1.82, 2.24) is 19.9 Å². The lowest BCUT2D eigenvalue weighted by Gasteiger charge is -2.28. The van der Waals surface area contributed by atoms with Crippen LogP contribution in [0, 0.1) is 0 Å². The molecule has 0 N–H and O–H groups in total. The van der Waals surface area contributed by atoms with Gasteiger partial charge in [-0.1, -0.05) is 18.9 Å². The number of halogens is 3. The number of nitrogens with zero attached hydrogens (tertiary/aromatic N) is 6. The molecule has 0 spiro atoms. The molecular weight excluding hydrogens is 385 g/mol. The maximum Gasteiger partial charge on any atom is 0.433 e. The fourth-order valence-electron chi connectivity index (χ4n) is 3.50. The molecule has 2 aliphatic rings. The average Bonchev–Trinajstić information content (AvgIpc) is 3.03. The highest BCUT2D eigenvalue weighted by molar-refractivity contribution is 5.55. The van der Waals surface area contributed by atoms with Crippen molar-refractivity contribution in [3.8, 4) is 11.5 Å². The van der Waals surface area contributed by atoms with Gasteiger partial charge in [-0.15, -0.1) is 0 Å². The number of rotatable bonds is 3.